The Hall–Kier alpha value is -5.18. The van der Waals surface area contributed by atoms with Crippen molar-refractivity contribution < 1.29 is 19.7 Å². The standard InChI is InChI=1S/C39H38N4O4/c1-25-7-8-27(22-37(25)47-20-4-18-45)39-35-15-11-30(42-35)23-28-9-13-33(40-28)38(26-5-2-6-32(21-26)46-19-3-17-44)34-14-10-29(41-34)24-31-12-16-36(39)43-31/h2,5-6,8-16,21-25,40-41,44-45H,3-4,7,17-20H2,1H3. The Morgan fingerprint density at radius 2 is 1.38 bits per heavy atom. The fourth-order valence-electron chi connectivity index (χ4n) is 6.06. The summed E-state index contributed by atoms with van der Waals surface area (Å²) in [5, 5.41) is 18.5. The van der Waals surface area contributed by atoms with Crippen molar-refractivity contribution in [2.75, 3.05) is 26.4 Å². The molecule has 47 heavy (non-hydrogen) atoms. The normalized spacial score (nSPS) is 15.4. The first kappa shape index (κ1) is 30.5. The lowest BCUT2D eigenvalue weighted by molar-refractivity contribution is 0.154. The Bertz CT molecular complexity index is 1990. The highest BCUT2D eigenvalue weighted by atomic mass is 16.5. The third-order valence-electron chi connectivity index (χ3n) is 8.43. The fraction of sp³-hybridized carbons (Fsp3) is 0.231. The Morgan fingerprint density at radius 1 is 0.745 bits per heavy atom. The minimum atomic E-state index is 0.0928. The van der Waals surface area contributed by atoms with Gasteiger partial charge in [-0.25, -0.2) is 9.97 Å². The van der Waals surface area contributed by atoms with Crippen LogP contribution in [0.5, 0.6) is 5.75 Å². The van der Waals surface area contributed by atoms with Gasteiger partial charge >= 0.3 is 0 Å². The van der Waals surface area contributed by atoms with E-state index in [0.717, 1.165) is 85.0 Å². The van der Waals surface area contributed by atoms with Crippen molar-refractivity contribution in [3.8, 4) is 16.9 Å². The summed E-state index contributed by atoms with van der Waals surface area (Å²) < 4.78 is 12.0. The van der Waals surface area contributed by atoms with Crippen molar-refractivity contribution in [3.05, 3.63) is 107 Å². The third-order valence-corrected chi connectivity index (χ3v) is 8.43. The number of hydrogen-bond donors (Lipinski definition) is 4. The zero-order valence-electron chi connectivity index (χ0n) is 26.4. The van der Waals surface area contributed by atoms with Gasteiger partial charge in [-0.3, -0.25) is 0 Å². The van der Waals surface area contributed by atoms with Crippen LogP contribution in [0, 0.1) is 5.92 Å². The Morgan fingerprint density at radius 3 is 2.02 bits per heavy atom. The van der Waals surface area contributed by atoms with Crippen LogP contribution in [0.1, 0.15) is 54.5 Å². The largest absolute Gasteiger partial charge is 0.498 e. The second-order valence-electron chi connectivity index (χ2n) is 11.9. The molecule has 4 aromatic rings. The topological polar surface area (TPSA) is 116 Å². The summed E-state index contributed by atoms with van der Waals surface area (Å²) >= 11 is 0. The Balaban J connectivity index is 1.40. The predicted molar refractivity (Wildman–Crippen MR) is 189 cm³/mol. The van der Waals surface area contributed by atoms with Crippen LogP contribution in [-0.4, -0.2) is 56.6 Å². The van der Waals surface area contributed by atoms with Gasteiger partial charge in [-0.1, -0.05) is 25.1 Å². The molecule has 3 aliphatic rings. The van der Waals surface area contributed by atoms with Gasteiger partial charge in [0.1, 0.15) is 5.75 Å². The predicted octanol–water partition coefficient (Wildman–Crippen LogP) is 7.79. The molecule has 0 radical (unpaired) electrons. The summed E-state index contributed by atoms with van der Waals surface area (Å²) in [6, 6.07) is 20.5. The monoisotopic (exact) mass is 626 g/mol. The van der Waals surface area contributed by atoms with Crippen LogP contribution in [0.25, 0.3) is 63.1 Å². The number of aliphatic hydroxyl groups excluding tert-OH is 2. The Labute approximate surface area is 273 Å². The van der Waals surface area contributed by atoms with Crippen molar-refractivity contribution in [2.24, 2.45) is 5.92 Å². The zero-order valence-corrected chi connectivity index (χ0v) is 26.4. The number of allylic oxidation sites excluding steroid dienone is 4. The molecule has 1 aromatic carbocycles. The van der Waals surface area contributed by atoms with Gasteiger partial charge in [-0.15, -0.1) is 0 Å². The summed E-state index contributed by atoms with van der Waals surface area (Å²) in [5.41, 5.74) is 11.2. The lowest BCUT2D eigenvalue weighted by Crippen LogP contribution is -2.09. The molecule has 5 heterocycles. The fourth-order valence-corrected chi connectivity index (χ4v) is 6.06. The van der Waals surface area contributed by atoms with Crippen LogP contribution < -0.4 is 4.74 Å². The highest BCUT2D eigenvalue weighted by Crippen LogP contribution is 2.35. The number of fused-ring (bicyclic) bond motifs is 8. The summed E-state index contributed by atoms with van der Waals surface area (Å²) in [5.74, 6) is 1.92. The minimum absolute atomic E-state index is 0.0928. The van der Waals surface area contributed by atoms with Gasteiger partial charge in [0.2, 0.25) is 0 Å². The average Bonchev–Trinajstić information content (AvgIpc) is 3.90. The number of benzene rings is 1. The van der Waals surface area contributed by atoms with Crippen LogP contribution in [-0.2, 0) is 4.74 Å². The molecule has 1 unspecified atom stereocenters. The molecule has 0 amide bonds. The second-order valence-corrected chi connectivity index (χ2v) is 11.9. The van der Waals surface area contributed by atoms with E-state index in [9.17, 15) is 10.2 Å². The number of aromatic nitrogens is 4. The number of aromatic amines is 2. The molecule has 8 bridgehead atoms. The quantitative estimate of drug-likeness (QED) is 0.115. The SMILES string of the molecule is CC1CC=C(c2c3nc(cc4ccc([nH]4)c(-c4cccc(OCCCO)c4)c4ccc(cc5nc2C=C5)[nH]4)C=C3)C=C1OCCCO. The number of nitrogens with one attached hydrogen (secondary N) is 2. The molecule has 7 rings (SSSR count). The molecule has 1 aliphatic carbocycles. The molecule has 0 saturated carbocycles. The molecule has 2 aliphatic heterocycles. The van der Waals surface area contributed by atoms with Gasteiger partial charge in [0, 0.05) is 65.2 Å². The lowest BCUT2D eigenvalue weighted by Gasteiger charge is -2.21. The summed E-state index contributed by atoms with van der Waals surface area (Å²) in [6.45, 7) is 3.29. The van der Waals surface area contributed by atoms with Crippen molar-refractivity contribution in [1.29, 1.82) is 0 Å². The lowest BCUT2D eigenvalue weighted by atomic mass is 9.91. The molecular formula is C39H38N4O4. The van der Waals surface area contributed by atoms with E-state index in [1.807, 2.05) is 30.4 Å². The van der Waals surface area contributed by atoms with E-state index < -0.39 is 0 Å². The number of aliphatic hydroxyl groups is 2. The van der Waals surface area contributed by atoms with E-state index in [4.69, 9.17) is 19.4 Å². The first-order chi connectivity index (χ1) is 23.1. The molecule has 238 valence electrons. The summed E-state index contributed by atoms with van der Waals surface area (Å²) in [4.78, 5) is 17.4. The van der Waals surface area contributed by atoms with Crippen LogP contribution in [0.3, 0.4) is 0 Å². The molecule has 0 fully saturated rings. The van der Waals surface area contributed by atoms with Crippen LogP contribution in [0.2, 0.25) is 0 Å². The number of H-pyrrole nitrogens is 2. The van der Waals surface area contributed by atoms with Crippen molar-refractivity contribution in [3.63, 3.8) is 0 Å². The molecule has 4 N–H and O–H groups in total. The maximum absolute atomic E-state index is 9.26. The third kappa shape index (κ3) is 6.70. The van der Waals surface area contributed by atoms with Crippen LogP contribution in [0.15, 0.2) is 78.6 Å². The van der Waals surface area contributed by atoms with Gasteiger partial charge in [-0.05, 0) is 96.5 Å². The maximum atomic E-state index is 9.26. The maximum Gasteiger partial charge on any atom is 0.119 e. The summed E-state index contributed by atoms with van der Waals surface area (Å²) in [6.07, 6.45) is 14.5. The highest BCUT2D eigenvalue weighted by Gasteiger charge is 2.21. The highest BCUT2D eigenvalue weighted by molar-refractivity contribution is 5.94. The van der Waals surface area contributed by atoms with E-state index in [1.54, 1.807) is 0 Å². The molecular weight excluding hydrogens is 588 g/mol. The van der Waals surface area contributed by atoms with E-state index in [0.29, 0.717) is 26.1 Å². The van der Waals surface area contributed by atoms with Crippen LogP contribution >= 0.6 is 0 Å². The molecule has 3 aromatic heterocycles. The van der Waals surface area contributed by atoms with Gasteiger partial charge < -0.3 is 29.7 Å². The first-order valence-corrected chi connectivity index (χ1v) is 16.2. The molecule has 8 nitrogen and oxygen atoms in total. The second kappa shape index (κ2) is 13.7. The van der Waals surface area contributed by atoms with E-state index in [1.165, 1.54) is 0 Å². The average molecular weight is 627 g/mol. The van der Waals surface area contributed by atoms with Gasteiger partial charge in [0.15, 0.2) is 0 Å². The number of rotatable bonds is 10. The van der Waals surface area contributed by atoms with Gasteiger partial charge in [-0.2, -0.15) is 0 Å². The molecule has 1 atom stereocenters. The number of nitrogens with zero attached hydrogens (tertiary/aromatic N) is 2. The van der Waals surface area contributed by atoms with E-state index >= 15 is 0 Å². The smallest absolute Gasteiger partial charge is 0.119 e. The van der Waals surface area contributed by atoms with Gasteiger partial charge in [0.05, 0.1) is 41.7 Å². The number of ether oxygens (including phenoxy) is 2. The van der Waals surface area contributed by atoms with Crippen LogP contribution in [0.4, 0.5) is 0 Å². The molecule has 8 heteroatoms. The molecule has 0 spiro atoms. The van der Waals surface area contributed by atoms with E-state index in [-0.39, 0.29) is 19.1 Å². The van der Waals surface area contributed by atoms with Crippen molar-refractivity contribution >= 4 is 51.9 Å². The Kier molecular flexibility index (Phi) is 8.86. The van der Waals surface area contributed by atoms with Crippen molar-refractivity contribution in [1.82, 2.24) is 19.9 Å². The molecule has 0 saturated heterocycles. The minimum Gasteiger partial charge on any atom is -0.498 e. The van der Waals surface area contributed by atoms with Crippen molar-refractivity contribution in [2.45, 2.75) is 26.2 Å². The number of hydrogen-bond acceptors (Lipinski definition) is 6. The summed E-state index contributed by atoms with van der Waals surface area (Å²) in [7, 11) is 0. The first-order valence-electron chi connectivity index (χ1n) is 16.2. The zero-order chi connectivity index (χ0) is 32.2. The van der Waals surface area contributed by atoms with Gasteiger partial charge in [0.25, 0.3) is 0 Å². The van der Waals surface area contributed by atoms with E-state index in [2.05, 4.69) is 83.7 Å².